The second kappa shape index (κ2) is 7.55. The van der Waals surface area contributed by atoms with Gasteiger partial charge in [-0.25, -0.2) is 0 Å². The fourth-order valence-electron chi connectivity index (χ4n) is 2.97. The van der Waals surface area contributed by atoms with Crippen molar-refractivity contribution >= 4 is 16.9 Å². The first-order valence-corrected chi connectivity index (χ1v) is 8.68. The minimum Gasteiger partial charge on any atom is -0.542 e. The molecule has 7 nitrogen and oxygen atoms in total. The van der Waals surface area contributed by atoms with E-state index in [1.807, 2.05) is 12.1 Å². The van der Waals surface area contributed by atoms with E-state index in [0.29, 0.717) is 39.4 Å². The van der Waals surface area contributed by atoms with Crippen LogP contribution in [-0.2, 0) is 6.61 Å². The number of methoxy groups -OCH3 is 1. The summed E-state index contributed by atoms with van der Waals surface area (Å²) in [4.78, 5) is 23.7. The summed E-state index contributed by atoms with van der Waals surface area (Å²) in [6, 6.07) is 14.8. The first-order valence-electron chi connectivity index (χ1n) is 8.68. The molecule has 0 saturated heterocycles. The highest BCUT2D eigenvalue weighted by atomic mass is 16.5. The van der Waals surface area contributed by atoms with E-state index >= 15 is 0 Å². The molecule has 0 saturated carbocycles. The van der Waals surface area contributed by atoms with Gasteiger partial charge in [-0.2, -0.15) is 0 Å². The van der Waals surface area contributed by atoms with Gasteiger partial charge < -0.3 is 28.2 Å². The lowest BCUT2D eigenvalue weighted by Crippen LogP contribution is -2.21. The van der Waals surface area contributed by atoms with E-state index in [2.05, 4.69) is 0 Å². The van der Waals surface area contributed by atoms with Crippen LogP contribution < -0.4 is 20.0 Å². The molecule has 4 aromatic rings. The molecule has 0 aliphatic carbocycles. The number of hydrogen-bond acceptors (Lipinski definition) is 7. The quantitative estimate of drug-likeness (QED) is 0.498. The number of benzene rings is 2. The van der Waals surface area contributed by atoms with E-state index in [9.17, 15) is 14.7 Å². The van der Waals surface area contributed by atoms with Crippen LogP contribution in [0.15, 0.2) is 74.5 Å². The normalized spacial score (nSPS) is 10.8. The molecule has 0 radical (unpaired) electrons. The number of para-hydroxylation sites is 1. The average molecular weight is 391 g/mol. The Labute approximate surface area is 164 Å². The molecule has 0 bridgehead atoms. The molecular formula is C22H15O7-. The van der Waals surface area contributed by atoms with Crippen LogP contribution in [0.5, 0.6) is 11.5 Å². The van der Waals surface area contributed by atoms with Crippen molar-refractivity contribution in [1.29, 1.82) is 0 Å². The van der Waals surface area contributed by atoms with Gasteiger partial charge in [-0.3, -0.25) is 4.79 Å². The lowest BCUT2D eigenvalue weighted by molar-refractivity contribution is -0.257. The Morgan fingerprint density at radius 2 is 1.90 bits per heavy atom. The number of ether oxygens (including phenoxy) is 2. The zero-order chi connectivity index (χ0) is 20.4. The third-order valence-electron chi connectivity index (χ3n) is 4.39. The molecule has 29 heavy (non-hydrogen) atoms. The summed E-state index contributed by atoms with van der Waals surface area (Å²) in [7, 11) is 1.54. The number of carbonyl (C=O) groups is 1. The fourth-order valence-corrected chi connectivity index (χ4v) is 2.97. The third-order valence-corrected chi connectivity index (χ3v) is 4.39. The molecule has 2 aromatic carbocycles. The molecule has 0 N–H and O–H groups in total. The van der Waals surface area contributed by atoms with Gasteiger partial charge in [0.1, 0.15) is 47.4 Å². The number of carboxylic acids is 1. The first kappa shape index (κ1) is 18.4. The van der Waals surface area contributed by atoms with E-state index in [0.717, 1.165) is 0 Å². The number of fused-ring (bicyclic) bond motifs is 1. The van der Waals surface area contributed by atoms with Crippen molar-refractivity contribution in [3.8, 4) is 22.6 Å². The molecule has 0 aliphatic rings. The van der Waals surface area contributed by atoms with Gasteiger partial charge in [0.15, 0.2) is 0 Å². The van der Waals surface area contributed by atoms with E-state index in [-0.39, 0.29) is 17.8 Å². The Balaban J connectivity index is 1.62. The van der Waals surface area contributed by atoms with Crippen LogP contribution in [0, 0.1) is 0 Å². The molecule has 0 fully saturated rings. The Morgan fingerprint density at radius 3 is 2.66 bits per heavy atom. The maximum Gasteiger partial charge on any atom is 0.200 e. The van der Waals surface area contributed by atoms with Gasteiger partial charge >= 0.3 is 0 Å². The molecule has 0 spiro atoms. The summed E-state index contributed by atoms with van der Waals surface area (Å²) >= 11 is 0. The largest absolute Gasteiger partial charge is 0.542 e. The maximum absolute atomic E-state index is 12.9. The van der Waals surface area contributed by atoms with Crippen molar-refractivity contribution in [2.75, 3.05) is 7.11 Å². The number of carboxylic acid groups (broad SMARTS) is 1. The van der Waals surface area contributed by atoms with Gasteiger partial charge in [0.2, 0.25) is 5.43 Å². The highest BCUT2D eigenvalue weighted by molar-refractivity contribution is 5.84. The Morgan fingerprint density at radius 1 is 1.07 bits per heavy atom. The van der Waals surface area contributed by atoms with Gasteiger partial charge in [0.05, 0.1) is 18.1 Å². The molecule has 0 aliphatic heterocycles. The van der Waals surface area contributed by atoms with E-state index in [1.54, 1.807) is 37.4 Å². The van der Waals surface area contributed by atoms with Crippen molar-refractivity contribution in [3.63, 3.8) is 0 Å². The summed E-state index contributed by atoms with van der Waals surface area (Å²) in [6.07, 6.45) is 1.39. The van der Waals surface area contributed by atoms with E-state index < -0.39 is 5.97 Å². The molecule has 0 amide bonds. The highest BCUT2D eigenvalue weighted by Gasteiger charge is 2.13. The van der Waals surface area contributed by atoms with Crippen molar-refractivity contribution in [3.05, 3.63) is 82.6 Å². The average Bonchev–Trinajstić information content (AvgIpc) is 3.22. The SMILES string of the molecule is COc1ccccc1-c1coc2cc(OCc3ccc(C(=O)[O-])o3)ccc2c1=O. The number of rotatable bonds is 6. The molecule has 7 heteroatoms. The zero-order valence-corrected chi connectivity index (χ0v) is 15.3. The van der Waals surface area contributed by atoms with Crippen LogP contribution in [-0.4, -0.2) is 13.1 Å². The highest BCUT2D eigenvalue weighted by Crippen LogP contribution is 2.29. The van der Waals surface area contributed by atoms with Crippen LogP contribution in [0.3, 0.4) is 0 Å². The van der Waals surface area contributed by atoms with Crippen molar-refractivity contribution < 1.29 is 28.2 Å². The number of aromatic carboxylic acids is 1. The molecule has 2 aromatic heterocycles. The second-order valence-corrected chi connectivity index (χ2v) is 6.18. The van der Waals surface area contributed by atoms with Gasteiger partial charge in [-0.15, -0.1) is 0 Å². The Kier molecular flexibility index (Phi) is 4.78. The van der Waals surface area contributed by atoms with Crippen LogP contribution in [0.4, 0.5) is 0 Å². The molecule has 2 heterocycles. The third kappa shape index (κ3) is 3.58. The molecule has 0 unspecified atom stereocenters. The monoisotopic (exact) mass is 391 g/mol. The lowest BCUT2D eigenvalue weighted by Gasteiger charge is -2.09. The minimum absolute atomic E-state index is 0.0162. The summed E-state index contributed by atoms with van der Waals surface area (Å²) in [5.74, 6) is -0.311. The van der Waals surface area contributed by atoms with E-state index in [1.165, 1.54) is 18.4 Å². The van der Waals surface area contributed by atoms with Gasteiger partial charge in [0, 0.05) is 11.6 Å². The summed E-state index contributed by atoms with van der Waals surface area (Å²) in [5, 5.41) is 11.1. The van der Waals surface area contributed by atoms with E-state index in [4.69, 9.17) is 18.3 Å². The Bertz CT molecular complexity index is 1250. The van der Waals surface area contributed by atoms with Gasteiger partial charge in [0.25, 0.3) is 0 Å². The topological polar surface area (TPSA) is 102 Å². The van der Waals surface area contributed by atoms with Crippen LogP contribution in [0.2, 0.25) is 0 Å². The predicted octanol–water partition coefficient (Wildman–Crippen LogP) is 3.00. The minimum atomic E-state index is -1.39. The van der Waals surface area contributed by atoms with Crippen LogP contribution in [0.1, 0.15) is 16.3 Å². The van der Waals surface area contributed by atoms with Crippen molar-refractivity contribution in [2.45, 2.75) is 6.61 Å². The number of furan rings is 1. The smallest absolute Gasteiger partial charge is 0.200 e. The second-order valence-electron chi connectivity index (χ2n) is 6.18. The number of hydrogen-bond donors (Lipinski definition) is 0. The molecule has 4 rings (SSSR count). The molecule has 0 atom stereocenters. The lowest BCUT2D eigenvalue weighted by atomic mass is 10.0. The maximum atomic E-state index is 12.9. The summed E-state index contributed by atoms with van der Waals surface area (Å²) in [5.41, 5.74) is 1.22. The first-order chi connectivity index (χ1) is 14.1. The summed E-state index contributed by atoms with van der Waals surface area (Å²) in [6.45, 7) is 0.0162. The summed E-state index contributed by atoms with van der Waals surface area (Å²) < 4.78 is 21.7. The van der Waals surface area contributed by atoms with Gasteiger partial charge in [-0.1, -0.05) is 18.2 Å². The predicted molar refractivity (Wildman–Crippen MR) is 102 cm³/mol. The fraction of sp³-hybridized carbons (Fsp3) is 0.0909. The molecule has 146 valence electrons. The van der Waals surface area contributed by atoms with Crippen LogP contribution in [0.25, 0.3) is 22.1 Å². The Hall–Kier alpha value is -4.00. The van der Waals surface area contributed by atoms with Gasteiger partial charge in [-0.05, 0) is 30.3 Å². The zero-order valence-electron chi connectivity index (χ0n) is 15.3. The number of carbonyl (C=O) groups excluding carboxylic acids is 1. The molecular weight excluding hydrogens is 376 g/mol. The standard InChI is InChI=1S/C22H16O7/c1-26-18-5-3-2-4-15(18)17-12-28-20-10-13(6-8-16(20)21(17)23)27-11-14-7-9-19(29-14)22(24)25/h2-10,12H,11H2,1H3,(H,24,25)/p-1. The van der Waals surface area contributed by atoms with Crippen molar-refractivity contribution in [1.82, 2.24) is 0 Å². The van der Waals surface area contributed by atoms with Crippen molar-refractivity contribution in [2.24, 2.45) is 0 Å². The van der Waals surface area contributed by atoms with Crippen LogP contribution >= 0.6 is 0 Å².